The second-order valence-corrected chi connectivity index (χ2v) is 6.07. The van der Waals surface area contributed by atoms with Crippen LogP contribution in [0.4, 0.5) is 4.79 Å². The fraction of sp³-hybridized carbons (Fsp3) is 0.857. The number of hydrogen-bond acceptors (Lipinski definition) is 4. The van der Waals surface area contributed by atoms with E-state index >= 15 is 0 Å². The summed E-state index contributed by atoms with van der Waals surface area (Å²) in [5.41, 5.74) is 0. The number of carbonyl (C=O) groups is 2. The molecule has 0 aliphatic carbocycles. The Kier molecular flexibility index (Phi) is 5.05. The van der Waals surface area contributed by atoms with Gasteiger partial charge < -0.3 is 19.6 Å². The number of ether oxygens (including phenoxy) is 1. The highest BCUT2D eigenvalue weighted by molar-refractivity contribution is 5.76. The van der Waals surface area contributed by atoms with Gasteiger partial charge >= 0.3 is 12.0 Å². The van der Waals surface area contributed by atoms with Gasteiger partial charge in [0, 0.05) is 31.7 Å². The molecule has 0 bridgehead atoms. The molecule has 2 aliphatic rings. The Morgan fingerprint density at radius 3 is 2.43 bits per heavy atom. The molecular weight excluding hydrogens is 274 g/mol. The number of rotatable bonds is 2. The SMILES string of the molecule is CC1CN(C(=O)N2CCOCC2CC(=O)O)CC(C)N1C. The summed E-state index contributed by atoms with van der Waals surface area (Å²) < 4.78 is 5.33. The van der Waals surface area contributed by atoms with Gasteiger partial charge in [0.15, 0.2) is 0 Å². The van der Waals surface area contributed by atoms with Gasteiger partial charge in [0.1, 0.15) is 0 Å². The number of urea groups is 1. The van der Waals surface area contributed by atoms with Crippen molar-refractivity contribution < 1.29 is 19.4 Å². The highest BCUT2D eigenvalue weighted by Crippen LogP contribution is 2.18. The van der Waals surface area contributed by atoms with Gasteiger partial charge in [-0.25, -0.2) is 4.79 Å². The summed E-state index contributed by atoms with van der Waals surface area (Å²) in [6.45, 7) is 6.80. The summed E-state index contributed by atoms with van der Waals surface area (Å²) in [6, 6.07) is 0.179. The van der Waals surface area contributed by atoms with Crippen molar-refractivity contribution in [1.82, 2.24) is 14.7 Å². The maximum atomic E-state index is 12.7. The number of carboxylic acids is 1. The van der Waals surface area contributed by atoms with Crippen LogP contribution in [-0.4, -0.2) is 89.8 Å². The van der Waals surface area contributed by atoms with Crippen LogP contribution in [0.5, 0.6) is 0 Å². The summed E-state index contributed by atoms with van der Waals surface area (Å²) >= 11 is 0. The third-order valence-corrected chi connectivity index (χ3v) is 4.51. The van der Waals surface area contributed by atoms with E-state index < -0.39 is 5.97 Å². The lowest BCUT2D eigenvalue weighted by Crippen LogP contribution is -2.61. The Hall–Kier alpha value is -1.34. The van der Waals surface area contributed by atoms with Crippen LogP contribution in [0.15, 0.2) is 0 Å². The molecule has 21 heavy (non-hydrogen) atoms. The lowest BCUT2D eigenvalue weighted by molar-refractivity contribution is -0.139. The number of hydrogen-bond donors (Lipinski definition) is 1. The first-order chi connectivity index (χ1) is 9.90. The molecule has 0 aromatic heterocycles. The Morgan fingerprint density at radius 2 is 1.86 bits per heavy atom. The average molecular weight is 299 g/mol. The topological polar surface area (TPSA) is 73.3 Å². The fourth-order valence-corrected chi connectivity index (χ4v) is 3.02. The zero-order valence-electron chi connectivity index (χ0n) is 13.0. The number of carbonyl (C=O) groups excluding carboxylic acids is 1. The van der Waals surface area contributed by atoms with E-state index in [-0.39, 0.29) is 18.5 Å². The Labute approximate surface area is 125 Å². The van der Waals surface area contributed by atoms with Crippen molar-refractivity contribution >= 4 is 12.0 Å². The number of nitrogens with zero attached hydrogens (tertiary/aromatic N) is 3. The van der Waals surface area contributed by atoms with Crippen LogP contribution < -0.4 is 0 Å². The molecule has 0 spiro atoms. The molecule has 3 atom stereocenters. The van der Waals surface area contributed by atoms with E-state index in [1.54, 1.807) is 4.90 Å². The molecule has 2 heterocycles. The maximum absolute atomic E-state index is 12.7. The van der Waals surface area contributed by atoms with Crippen LogP contribution in [0.3, 0.4) is 0 Å². The number of likely N-dealkylation sites (N-methyl/N-ethyl adjacent to an activating group) is 1. The fourth-order valence-electron chi connectivity index (χ4n) is 3.02. The third kappa shape index (κ3) is 3.65. The zero-order valence-corrected chi connectivity index (χ0v) is 13.0. The molecule has 0 aromatic carbocycles. The number of aliphatic carboxylic acids is 1. The molecule has 3 unspecified atom stereocenters. The summed E-state index contributed by atoms with van der Waals surface area (Å²) in [6.07, 6.45) is -0.0649. The first kappa shape index (κ1) is 16.0. The average Bonchev–Trinajstić information content (AvgIpc) is 2.43. The third-order valence-electron chi connectivity index (χ3n) is 4.51. The van der Waals surface area contributed by atoms with E-state index in [4.69, 9.17) is 9.84 Å². The van der Waals surface area contributed by atoms with Crippen LogP contribution in [0, 0.1) is 0 Å². The molecule has 2 saturated heterocycles. The van der Waals surface area contributed by atoms with Crippen LogP contribution in [0.2, 0.25) is 0 Å². The predicted molar refractivity (Wildman–Crippen MR) is 77.2 cm³/mol. The minimum absolute atomic E-state index is 0.0589. The first-order valence-corrected chi connectivity index (χ1v) is 7.47. The van der Waals surface area contributed by atoms with Crippen molar-refractivity contribution in [3.8, 4) is 0 Å². The van der Waals surface area contributed by atoms with Gasteiger partial charge in [-0.05, 0) is 20.9 Å². The smallest absolute Gasteiger partial charge is 0.320 e. The quantitative estimate of drug-likeness (QED) is 0.794. The van der Waals surface area contributed by atoms with Crippen LogP contribution >= 0.6 is 0 Å². The van der Waals surface area contributed by atoms with Crippen molar-refractivity contribution in [2.24, 2.45) is 0 Å². The monoisotopic (exact) mass is 299 g/mol. The molecule has 2 amide bonds. The second kappa shape index (κ2) is 6.62. The lowest BCUT2D eigenvalue weighted by Gasteiger charge is -2.45. The Bertz CT molecular complexity index is 392. The molecule has 1 N–H and O–H groups in total. The summed E-state index contributed by atoms with van der Waals surface area (Å²) in [5.74, 6) is -0.900. The van der Waals surface area contributed by atoms with E-state index in [2.05, 4.69) is 25.8 Å². The van der Waals surface area contributed by atoms with Gasteiger partial charge in [-0.1, -0.05) is 0 Å². The standard InChI is InChI=1S/C14H25N3O4/c1-10-7-16(8-11(2)15(10)3)14(20)17-4-5-21-9-12(17)6-13(18)19/h10-12H,4-9H2,1-3H3,(H,18,19). The Balaban J connectivity index is 2.04. The number of carboxylic acid groups (broad SMARTS) is 1. The maximum Gasteiger partial charge on any atom is 0.320 e. The van der Waals surface area contributed by atoms with Crippen molar-refractivity contribution in [3.63, 3.8) is 0 Å². The van der Waals surface area contributed by atoms with Crippen LogP contribution in [0.1, 0.15) is 20.3 Å². The van der Waals surface area contributed by atoms with E-state index in [0.29, 0.717) is 44.9 Å². The summed E-state index contributed by atoms with van der Waals surface area (Å²) in [7, 11) is 2.07. The molecule has 2 aliphatic heterocycles. The van der Waals surface area contributed by atoms with Crippen molar-refractivity contribution in [3.05, 3.63) is 0 Å². The highest BCUT2D eigenvalue weighted by Gasteiger charge is 2.36. The summed E-state index contributed by atoms with van der Waals surface area (Å²) in [5, 5.41) is 8.98. The predicted octanol–water partition coefficient (Wildman–Crippen LogP) is 0.306. The molecule has 120 valence electrons. The number of amides is 2. The number of piperazine rings is 1. The van der Waals surface area contributed by atoms with E-state index in [0.717, 1.165) is 0 Å². The van der Waals surface area contributed by atoms with E-state index in [9.17, 15) is 9.59 Å². The van der Waals surface area contributed by atoms with Gasteiger partial charge in [-0.2, -0.15) is 0 Å². The highest BCUT2D eigenvalue weighted by atomic mass is 16.5. The van der Waals surface area contributed by atoms with Gasteiger partial charge in [0.25, 0.3) is 0 Å². The van der Waals surface area contributed by atoms with Gasteiger partial charge in [0.05, 0.1) is 25.7 Å². The second-order valence-electron chi connectivity index (χ2n) is 6.07. The molecule has 0 radical (unpaired) electrons. The van der Waals surface area contributed by atoms with Crippen molar-refractivity contribution in [1.29, 1.82) is 0 Å². The molecule has 2 rings (SSSR count). The largest absolute Gasteiger partial charge is 0.481 e. The molecule has 7 nitrogen and oxygen atoms in total. The summed E-state index contributed by atoms with van der Waals surface area (Å²) in [4.78, 5) is 29.4. The van der Waals surface area contributed by atoms with Gasteiger partial charge in [-0.15, -0.1) is 0 Å². The minimum atomic E-state index is -0.900. The zero-order chi connectivity index (χ0) is 15.6. The minimum Gasteiger partial charge on any atom is -0.481 e. The number of morpholine rings is 1. The molecular formula is C14H25N3O4. The lowest BCUT2D eigenvalue weighted by atomic mass is 10.1. The molecule has 7 heteroatoms. The molecule has 2 fully saturated rings. The normalized spacial score (nSPS) is 31.3. The van der Waals surface area contributed by atoms with Crippen molar-refractivity contribution in [2.45, 2.75) is 38.4 Å². The molecule has 0 saturated carbocycles. The van der Waals surface area contributed by atoms with Crippen molar-refractivity contribution in [2.75, 3.05) is 39.9 Å². The Morgan fingerprint density at radius 1 is 1.24 bits per heavy atom. The first-order valence-electron chi connectivity index (χ1n) is 7.47. The van der Waals surface area contributed by atoms with Crippen LogP contribution in [0.25, 0.3) is 0 Å². The van der Waals surface area contributed by atoms with E-state index in [1.807, 2.05) is 4.90 Å². The molecule has 0 aromatic rings. The van der Waals surface area contributed by atoms with E-state index in [1.165, 1.54) is 0 Å². The van der Waals surface area contributed by atoms with Gasteiger partial charge in [0.2, 0.25) is 0 Å². The van der Waals surface area contributed by atoms with Crippen LogP contribution in [-0.2, 0) is 9.53 Å². The van der Waals surface area contributed by atoms with Gasteiger partial charge in [-0.3, -0.25) is 9.69 Å².